The average Bonchev–Trinajstić information content (AvgIpc) is 2.65. The van der Waals surface area contributed by atoms with Crippen molar-refractivity contribution in [1.29, 1.82) is 0 Å². The van der Waals surface area contributed by atoms with Crippen LogP contribution in [0.15, 0.2) is 48.5 Å². The van der Waals surface area contributed by atoms with E-state index < -0.39 is 22.7 Å². The zero-order chi connectivity index (χ0) is 18.4. The van der Waals surface area contributed by atoms with E-state index in [9.17, 15) is 24.5 Å². The number of esters is 1. The van der Waals surface area contributed by atoms with Gasteiger partial charge in [-0.25, -0.2) is 4.79 Å². The van der Waals surface area contributed by atoms with Gasteiger partial charge in [-0.2, -0.15) is 0 Å². The van der Waals surface area contributed by atoms with E-state index in [1.807, 2.05) is 0 Å². The minimum Gasteiger partial charge on any atom is -0.465 e. The molecule has 2 amide bonds. The van der Waals surface area contributed by atoms with Crippen molar-refractivity contribution in [2.45, 2.75) is 0 Å². The Morgan fingerprint density at radius 3 is 2.00 bits per heavy atom. The monoisotopic (exact) mass is 343 g/mol. The number of methoxy groups -OCH3 is 1. The number of rotatable bonds is 4. The number of nitro benzene ring substituents is 1. The van der Waals surface area contributed by atoms with Crippen molar-refractivity contribution in [2.24, 2.45) is 0 Å². The summed E-state index contributed by atoms with van der Waals surface area (Å²) in [4.78, 5) is 45.5. The Morgan fingerprint density at radius 1 is 0.920 bits per heavy atom. The van der Waals surface area contributed by atoms with E-state index in [-0.39, 0.29) is 22.4 Å². The number of nitrogens with one attached hydrogen (secondary N) is 2. The fourth-order valence-electron chi connectivity index (χ4n) is 1.92. The molecule has 9 nitrogen and oxygen atoms in total. The lowest BCUT2D eigenvalue weighted by molar-refractivity contribution is -0.384. The van der Waals surface area contributed by atoms with E-state index in [4.69, 9.17) is 0 Å². The smallest absolute Gasteiger partial charge is 0.337 e. The van der Waals surface area contributed by atoms with Crippen LogP contribution >= 0.6 is 0 Å². The molecule has 0 aromatic heterocycles. The van der Waals surface area contributed by atoms with Crippen molar-refractivity contribution < 1.29 is 24.0 Å². The molecule has 0 aliphatic heterocycles. The van der Waals surface area contributed by atoms with E-state index in [1.165, 1.54) is 49.6 Å². The van der Waals surface area contributed by atoms with Crippen LogP contribution in [0.25, 0.3) is 0 Å². The maximum absolute atomic E-state index is 12.0. The molecule has 0 fully saturated rings. The normalized spacial score (nSPS) is 9.80. The van der Waals surface area contributed by atoms with Gasteiger partial charge in [-0.1, -0.05) is 12.1 Å². The Labute approximate surface area is 141 Å². The van der Waals surface area contributed by atoms with Crippen molar-refractivity contribution in [1.82, 2.24) is 10.9 Å². The van der Waals surface area contributed by atoms with Gasteiger partial charge in [0.2, 0.25) is 0 Å². The summed E-state index contributed by atoms with van der Waals surface area (Å²) < 4.78 is 4.56. The lowest BCUT2D eigenvalue weighted by atomic mass is 10.1. The van der Waals surface area contributed by atoms with Crippen molar-refractivity contribution in [3.05, 3.63) is 75.3 Å². The van der Waals surface area contributed by atoms with Gasteiger partial charge < -0.3 is 4.74 Å². The SMILES string of the molecule is COC(=O)c1cccc(C(=O)NNC(=O)c2cccc([N+](=O)[O-])c2)c1. The standard InChI is InChI=1S/C16H13N3O6/c1-25-16(22)12-6-2-4-10(8-12)14(20)17-18-15(21)11-5-3-7-13(9-11)19(23)24/h2-9H,1H3,(H,17,20)(H,18,21). The molecule has 0 radical (unpaired) electrons. The molecule has 2 aromatic rings. The zero-order valence-electron chi connectivity index (χ0n) is 13.0. The number of ether oxygens (including phenoxy) is 1. The number of nitrogens with zero attached hydrogens (tertiary/aromatic N) is 1. The highest BCUT2D eigenvalue weighted by Gasteiger charge is 2.14. The molecule has 2 N–H and O–H groups in total. The molecule has 128 valence electrons. The van der Waals surface area contributed by atoms with Crippen molar-refractivity contribution in [3.63, 3.8) is 0 Å². The highest BCUT2D eigenvalue weighted by molar-refractivity contribution is 6.00. The number of benzene rings is 2. The van der Waals surface area contributed by atoms with Crippen LogP contribution in [0.3, 0.4) is 0 Å². The van der Waals surface area contributed by atoms with Gasteiger partial charge in [-0.3, -0.25) is 30.6 Å². The highest BCUT2D eigenvalue weighted by Crippen LogP contribution is 2.12. The summed E-state index contributed by atoms with van der Waals surface area (Å²) in [5.41, 5.74) is 4.39. The molecule has 0 unspecified atom stereocenters. The van der Waals surface area contributed by atoms with Gasteiger partial charge in [-0.05, 0) is 24.3 Å². The summed E-state index contributed by atoms with van der Waals surface area (Å²) in [6.07, 6.45) is 0. The molecule has 0 spiro atoms. The Hall–Kier alpha value is -3.75. The van der Waals surface area contributed by atoms with Gasteiger partial charge in [0.05, 0.1) is 17.6 Å². The van der Waals surface area contributed by atoms with Crippen molar-refractivity contribution in [3.8, 4) is 0 Å². The second kappa shape index (κ2) is 7.68. The van der Waals surface area contributed by atoms with Gasteiger partial charge in [0.1, 0.15) is 0 Å². The van der Waals surface area contributed by atoms with Gasteiger partial charge in [-0.15, -0.1) is 0 Å². The lowest BCUT2D eigenvalue weighted by Gasteiger charge is -2.08. The van der Waals surface area contributed by atoms with E-state index in [1.54, 1.807) is 0 Å². The predicted molar refractivity (Wildman–Crippen MR) is 85.8 cm³/mol. The maximum Gasteiger partial charge on any atom is 0.337 e. The van der Waals surface area contributed by atoms with Gasteiger partial charge in [0.15, 0.2) is 0 Å². The van der Waals surface area contributed by atoms with Crippen molar-refractivity contribution in [2.75, 3.05) is 7.11 Å². The Balaban J connectivity index is 2.04. The number of amides is 2. The van der Waals surface area contributed by atoms with E-state index >= 15 is 0 Å². The number of hydrogen-bond acceptors (Lipinski definition) is 6. The molecule has 0 aliphatic rings. The molecular weight excluding hydrogens is 330 g/mol. The third-order valence-corrected chi connectivity index (χ3v) is 3.15. The first-order valence-electron chi connectivity index (χ1n) is 6.96. The minimum absolute atomic E-state index is 0.0119. The Kier molecular flexibility index (Phi) is 5.41. The van der Waals surface area contributed by atoms with Crippen LogP contribution in [0.1, 0.15) is 31.1 Å². The summed E-state index contributed by atoms with van der Waals surface area (Å²) in [7, 11) is 1.22. The third kappa shape index (κ3) is 4.38. The summed E-state index contributed by atoms with van der Waals surface area (Å²) >= 11 is 0. The maximum atomic E-state index is 12.0. The molecule has 0 aliphatic carbocycles. The first-order chi connectivity index (χ1) is 11.9. The van der Waals surface area contributed by atoms with Crippen LogP contribution in [0.4, 0.5) is 5.69 Å². The third-order valence-electron chi connectivity index (χ3n) is 3.15. The first kappa shape index (κ1) is 17.6. The fourth-order valence-corrected chi connectivity index (χ4v) is 1.92. The number of hydrogen-bond donors (Lipinski definition) is 2. The van der Waals surface area contributed by atoms with Crippen LogP contribution in [-0.2, 0) is 4.74 Å². The fraction of sp³-hybridized carbons (Fsp3) is 0.0625. The molecule has 9 heteroatoms. The molecule has 2 rings (SSSR count). The second-order valence-electron chi connectivity index (χ2n) is 4.79. The summed E-state index contributed by atoms with van der Waals surface area (Å²) in [5, 5.41) is 10.7. The van der Waals surface area contributed by atoms with Crippen LogP contribution < -0.4 is 10.9 Å². The number of carbonyl (C=O) groups is 3. The van der Waals surface area contributed by atoms with Crippen LogP contribution in [0.5, 0.6) is 0 Å². The predicted octanol–water partition coefficient (Wildman–Crippen LogP) is 1.46. The van der Waals surface area contributed by atoms with Crippen LogP contribution in [0.2, 0.25) is 0 Å². The Bertz CT molecular complexity index is 849. The van der Waals surface area contributed by atoms with E-state index in [2.05, 4.69) is 15.6 Å². The summed E-state index contributed by atoms with van der Waals surface area (Å²) in [6.45, 7) is 0. The second-order valence-corrected chi connectivity index (χ2v) is 4.79. The van der Waals surface area contributed by atoms with E-state index in [0.29, 0.717) is 0 Å². The molecule has 0 saturated carbocycles. The largest absolute Gasteiger partial charge is 0.465 e. The Morgan fingerprint density at radius 2 is 1.44 bits per heavy atom. The molecule has 2 aromatic carbocycles. The molecule has 25 heavy (non-hydrogen) atoms. The van der Waals surface area contributed by atoms with Gasteiger partial charge >= 0.3 is 5.97 Å². The van der Waals surface area contributed by atoms with Crippen LogP contribution in [0, 0.1) is 10.1 Å². The average molecular weight is 343 g/mol. The molecule has 0 atom stereocenters. The van der Waals surface area contributed by atoms with Crippen molar-refractivity contribution >= 4 is 23.5 Å². The minimum atomic E-state index is -0.721. The van der Waals surface area contributed by atoms with Gasteiger partial charge in [0.25, 0.3) is 17.5 Å². The van der Waals surface area contributed by atoms with Crippen LogP contribution in [-0.4, -0.2) is 29.8 Å². The zero-order valence-corrected chi connectivity index (χ0v) is 13.0. The number of non-ortho nitro benzene ring substituents is 1. The van der Waals surface area contributed by atoms with Gasteiger partial charge in [0, 0.05) is 23.3 Å². The number of carbonyl (C=O) groups excluding carboxylic acids is 3. The quantitative estimate of drug-likeness (QED) is 0.491. The lowest BCUT2D eigenvalue weighted by Crippen LogP contribution is -2.41. The highest BCUT2D eigenvalue weighted by atomic mass is 16.6. The number of hydrazine groups is 1. The number of nitro groups is 1. The van der Waals surface area contributed by atoms with E-state index in [0.717, 1.165) is 6.07 Å². The molecule has 0 bridgehead atoms. The summed E-state index contributed by atoms with van der Waals surface area (Å²) in [6, 6.07) is 10.8. The molecule has 0 heterocycles. The molecular formula is C16H13N3O6. The topological polar surface area (TPSA) is 128 Å². The first-order valence-corrected chi connectivity index (χ1v) is 6.96. The molecule has 0 saturated heterocycles. The summed E-state index contributed by atoms with van der Waals surface area (Å²) in [5.74, 6) is -1.99.